The Morgan fingerprint density at radius 1 is 1.56 bits per heavy atom. The van der Waals surface area contributed by atoms with Gasteiger partial charge in [0, 0.05) is 31.7 Å². The van der Waals surface area contributed by atoms with Crippen molar-refractivity contribution in [3.05, 3.63) is 30.4 Å². The van der Waals surface area contributed by atoms with Crippen LogP contribution in [0.25, 0.3) is 11.5 Å². The molecule has 1 N–H and O–H groups in total. The van der Waals surface area contributed by atoms with Gasteiger partial charge in [0.05, 0.1) is 6.26 Å². The number of aryl methyl sites for hydroxylation is 1. The molecule has 2 aromatic rings. The number of hydrogen-bond acceptors (Lipinski definition) is 3. The molecule has 1 aliphatic rings. The van der Waals surface area contributed by atoms with E-state index in [1.165, 1.54) is 0 Å². The number of aromatic nitrogens is 2. The molecule has 0 bridgehead atoms. The summed E-state index contributed by atoms with van der Waals surface area (Å²) in [7, 11) is 0. The van der Waals surface area contributed by atoms with E-state index in [1.807, 2.05) is 18.3 Å². The smallest absolute Gasteiger partial charge is 0.153 e. The Bertz CT molecular complexity index is 473. The lowest BCUT2D eigenvalue weighted by Crippen LogP contribution is -2.22. The summed E-state index contributed by atoms with van der Waals surface area (Å²) in [5, 5.41) is 9.16. The highest BCUT2D eigenvalue weighted by atomic mass is 16.3. The number of fused-ring (bicyclic) bond motifs is 1. The molecule has 2 aromatic heterocycles. The van der Waals surface area contributed by atoms with Gasteiger partial charge in [0.15, 0.2) is 5.76 Å². The molecular weight excluding hydrogens is 204 g/mol. The number of nitrogens with zero attached hydrogens (tertiary/aromatic N) is 2. The number of hydrogen-bond donors (Lipinski definition) is 1. The molecule has 84 valence electrons. The predicted molar refractivity (Wildman–Crippen MR) is 58.8 cm³/mol. The molecule has 3 rings (SSSR count). The zero-order valence-corrected chi connectivity index (χ0v) is 8.97. The number of aliphatic hydroxyl groups excluding tert-OH is 1. The second kappa shape index (κ2) is 3.79. The Balaban J connectivity index is 1.92. The van der Waals surface area contributed by atoms with Crippen molar-refractivity contribution in [3.8, 4) is 11.5 Å². The summed E-state index contributed by atoms with van der Waals surface area (Å²) in [5.41, 5.74) is 0.888. The van der Waals surface area contributed by atoms with Gasteiger partial charge in [-0.15, -0.1) is 0 Å². The third-order valence-corrected chi connectivity index (χ3v) is 3.12. The van der Waals surface area contributed by atoms with Crippen LogP contribution in [0.1, 0.15) is 12.2 Å². The summed E-state index contributed by atoms with van der Waals surface area (Å²) < 4.78 is 7.45. The van der Waals surface area contributed by atoms with Gasteiger partial charge in [0.1, 0.15) is 11.5 Å². The lowest BCUT2D eigenvalue weighted by atomic mass is 10.0. The fourth-order valence-corrected chi connectivity index (χ4v) is 2.21. The van der Waals surface area contributed by atoms with Gasteiger partial charge in [-0.25, -0.2) is 4.98 Å². The summed E-state index contributed by atoms with van der Waals surface area (Å²) in [4.78, 5) is 4.55. The maximum absolute atomic E-state index is 9.16. The molecular formula is C12H14N2O2. The van der Waals surface area contributed by atoms with Crippen LogP contribution < -0.4 is 0 Å². The molecule has 0 saturated heterocycles. The molecule has 0 fully saturated rings. The first-order valence-corrected chi connectivity index (χ1v) is 5.57. The van der Waals surface area contributed by atoms with E-state index in [-0.39, 0.29) is 6.61 Å². The third-order valence-electron chi connectivity index (χ3n) is 3.12. The van der Waals surface area contributed by atoms with E-state index in [0.29, 0.717) is 5.92 Å². The number of rotatable bonds is 2. The molecule has 4 nitrogen and oxygen atoms in total. The fraction of sp³-hybridized carbons (Fsp3) is 0.417. The Hall–Kier alpha value is -1.55. The third kappa shape index (κ3) is 1.55. The van der Waals surface area contributed by atoms with Crippen LogP contribution >= 0.6 is 0 Å². The van der Waals surface area contributed by atoms with E-state index in [1.54, 1.807) is 6.26 Å². The van der Waals surface area contributed by atoms with Crippen LogP contribution in [-0.4, -0.2) is 21.3 Å². The molecule has 1 aliphatic heterocycles. The van der Waals surface area contributed by atoms with Crippen LogP contribution in [0, 0.1) is 5.92 Å². The van der Waals surface area contributed by atoms with Crippen LogP contribution in [-0.2, 0) is 13.0 Å². The van der Waals surface area contributed by atoms with Crippen molar-refractivity contribution in [1.29, 1.82) is 0 Å². The molecule has 0 aliphatic carbocycles. The van der Waals surface area contributed by atoms with Gasteiger partial charge in [-0.2, -0.15) is 0 Å². The summed E-state index contributed by atoms with van der Waals surface area (Å²) in [6.07, 6.45) is 5.62. The van der Waals surface area contributed by atoms with Crippen LogP contribution in [0.4, 0.5) is 0 Å². The van der Waals surface area contributed by atoms with E-state index >= 15 is 0 Å². The zero-order valence-electron chi connectivity index (χ0n) is 8.97. The second-order valence-electron chi connectivity index (χ2n) is 4.26. The van der Waals surface area contributed by atoms with E-state index in [9.17, 15) is 0 Å². The summed E-state index contributed by atoms with van der Waals surface area (Å²) >= 11 is 0. The molecule has 3 heterocycles. The minimum atomic E-state index is 0.258. The molecule has 1 unspecified atom stereocenters. The Kier molecular flexibility index (Phi) is 2.29. The van der Waals surface area contributed by atoms with Crippen molar-refractivity contribution in [2.24, 2.45) is 5.92 Å². The SMILES string of the molecule is OCC1CCc2nc(-c3ccco3)cn2C1. The topological polar surface area (TPSA) is 51.2 Å². The van der Waals surface area contributed by atoms with Gasteiger partial charge in [-0.05, 0) is 18.6 Å². The molecule has 0 spiro atoms. The molecule has 0 amide bonds. The van der Waals surface area contributed by atoms with E-state index < -0.39 is 0 Å². The first kappa shape index (κ1) is 9.66. The van der Waals surface area contributed by atoms with Crippen LogP contribution in [0.3, 0.4) is 0 Å². The predicted octanol–water partition coefficient (Wildman–Crippen LogP) is 1.70. The van der Waals surface area contributed by atoms with E-state index in [4.69, 9.17) is 9.52 Å². The van der Waals surface area contributed by atoms with Crippen molar-refractivity contribution in [2.45, 2.75) is 19.4 Å². The van der Waals surface area contributed by atoms with Gasteiger partial charge in [0.25, 0.3) is 0 Å². The number of furan rings is 1. The lowest BCUT2D eigenvalue weighted by molar-refractivity contribution is 0.190. The largest absolute Gasteiger partial charge is 0.463 e. The number of aliphatic hydroxyl groups is 1. The normalized spacial score (nSPS) is 19.7. The molecule has 0 saturated carbocycles. The van der Waals surface area contributed by atoms with Gasteiger partial charge < -0.3 is 14.1 Å². The summed E-state index contributed by atoms with van der Waals surface area (Å²) in [6.45, 7) is 1.12. The van der Waals surface area contributed by atoms with Crippen molar-refractivity contribution in [1.82, 2.24) is 9.55 Å². The fourth-order valence-electron chi connectivity index (χ4n) is 2.21. The standard InChI is InChI=1S/C12H14N2O2/c15-8-9-3-4-12-13-10(7-14(12)6-9)11-2-1-5-16-11/h1-2,5,7,9,15H,3-4,6,8H2. The minimum absolute atomic E-state index is 0.258. The first-order chi connectivity index (χ1) is 7.86. The van der Waals surface area contributed by atoms with Gasteiger partial charge in [-0.1, -0.05) is 0 Å². The van der Waals surface area contributed by atoms with Crippen molar-refractivity contribution >= 4 is 0 Å². The van der Waals surface area contributed by atoms with E-state index in [2.05, 4.69) is 9.55 Å². The monoisotopic (exact) mass is 218 g/mol. The Morgan fingerprint density at radius 3 is 3.25 bits per heavy atom. The highest BCUT2D eigenvalue weighted by Crippen LogP contribution is 2.24. The summed E-state index contributed by atoms with van der Waals surface area (Å²) in [5.74, 6) is 2.27. The molecule has 0 aromatic carbocycles. The maximum atomic E-state index is 9.16. The van der Waals surface area contributed by atoms with Crippen LogP contribution in [0.2, 0.25) is 0 Å². The molecule has 1 atom stereocenters. The van der Waals surface area contributed by atoms with Crippen molar-refractivity contribution in [2.75, 3.05) is 6.61 Å². The highest BCUT2D eigenvalue weighted by molar-refractivity contribution is 5.51. The zero-order chi connectivity index (χ0) is 11.0. The van der Waals surface area contributed by atoms with Crippen molar-refractivity contribution < 1.29 is 9.52 Å². The Labute approximate surface area is 93.5 Å². The van der Waals surface area contributed by atoms with Crippen molar-refractivity contribution in [3.63, 3.8) is 0 Å². The molecule has 16 heavy (non-hydrogen) atoms. The number of imidazole rings is 1. The summed E-state index contributed by atoms with van der Waals surface area (Å²) in [6, 6.07) is 3.78. The van der Waals surface area contributed by atoms with Gasteiger partial charge in [-0.3, -0.25) is 0 Å². The highest BCUT2D eigenvalue weighted by Gasteiger charge is 2.20. The average Bonchev–Trinajstić information content (AvgIpc) is 2.96. The maximum Gasteiger partial charge on any atom is 0.153 e. The molecule has 4 heteroatoms. The Morgan fingerprint density at radius 2 is 2.50 bits per heavy atom. The quantitative estimate of drug-likeness (QED) is 0.834. The lowest BCUT2D eigenvalue weighted by Gasteiger charge is -2.21. The van der Waals surface area contributed by atoms with Gasteiger partial charge >= 0.3 is 0 Å². The van der Waals surface area contributed by atoms with Gasteiger partial charge in [0.2, 0.25) is 0 Å². The molecule has 0 radical (unpaired) electrons. The van der Waals surface area contributed by atoms with E-state index in [0.717, 1.165) is 36.7 Å². The average molecular weight is 218 g/mol. The van der Waals surface area contributed by atoms with Crippen LogP contribution in [0.5, 0.6) is 0 Å². The first-order valence-electron chi connectivity index (χ1n) is 5.57. The second-order valence-corrected chi connectivity index (χ2v) is 4.26. The minimum Gasteiger partial charge on any atom is -0.463 e. The van der Waals surface area contributed by atoms with Crippen LogP contribution in [0.15, 0.2) is 29.0 Å².